The van der Waals surface area contributed by atoms with Crippen LogP contribution in [0.1, 0.15) is 66.7 Å². The standard InChI is InChI=1S/C20H34O3/c1-14(2)16-9-8-15(3)7-6-11-20(5)18(23-20)17(21)13-19(4,22)12-10-16/h7,10,12,14,16-18,21-22H,6,8-9,11,13H2,1-5H3/b12-10+,15-7-/t16-,17-,18-,19-,20-/m1/s1. The van der Waals surface area contributed by atoms with Crippen molar-refractivity contribution in [2.75, 3.05) is 0 Å². The molecular weight excluding hydrogens is 288 g/mol. The summed E-state index contributed by atoms with van der Waals surface area (Å²) in [5.74, 6) is 0.995. The van der Waals surface area contributed by atoms with Crippen LogP contribution in [0.3, 0.4) is 0 Å². The van der Waals surface area contributed by atoms with Crippen LogP contribution in [0.5, 0.6) is 0 Å². The third kappa shape index (κ3) is 5.17. The molecule has 0 amide bonds. The predicted octanol–water partition coefficient (Wildman–Crippen LogP) is 3.99. The number of fused-ring (bicyclic) bond motifs is 1. The van der Waals surface area contributed by atoms with Crippen molar-refractivity contribution in [2.45, 2.75) is 90.1 Å². The van der Waals surface area contributed by atoms with Crippen LogP contribution in [0, 0.1) is 11.8 Å². The van der Waals surface area contributed by atoms with E-state index in [4.69, 9.17) is 4.74 Å². The van der Waals surface area contributed by atoms with Crippen molar-refractivity contribution in [3.63, 3.8) is 0 Å². The molecule has 0 unspecified atom stereocenters. The molecule has 0 aromatic carbocycles. The van der Waals surface area contributed by atoms with Crippen LogP contribution >= 0.6 is 0 Å². The van der Waals surface area contributed by atoms with Crippen molar-refractivity contribution < 1.29 is 14.9 Å². The molecule has 0 spiro atoms. The maximum Gasteiger partial charge on any atom is 0.113 e. The van der Waals surface area contributed by atoms with E-state index in [1.807, 2.05) is 6.08 Å². The van der Waals surface area contributed by atoms with Crippen molar-refractivity contribution >= 4 is 0 Å². The van der Waals surface area contributed by atoms with Gasteiger partial charge in [-0.3, -0.25) is 0 Å². The van der Waals surface area contributed by atoms with E-state index in [1.165, 1.54) is 5.57 Å². The molecule has 1 fully saturated rings. The molecule has 0 aromatic rings. The van der Waals surface area contributed by atoms with Gasteiger partial charge in [-0.1, -0.05) is 37.6 Å². The first-order valence-electron chi connectivity index (χ1n) is 9.06. The Morgan fingerprint density at radius 3 is 2.65 bits per heavy atom. The minimum atomic E-state index is -0.992. The van der Waals surface area contributed by atoms with Gasteiger partial charge in [-0.2, -0.15) is 0 Å². The zero-order valence-electron chi connectivity index (χ0n) is 15.4. The first kappa shape index (κ1) is 18.7. The Morgan fingerprint density at radius 2 is 2.00 bits per heavy atom. The monoisotopic (exact) mass is 322 g/mol. The molecule has 0 aromatic heterocycles. The van der Waals surface area contributed by atoms with Gasteiger partial charge in [-0.25, -0.2) is 0 Å². The molecule has 132 valence electrons. The smallest absolute Gasteiger partial charge is 0.113 e. The van der Waals surface area contributed by atoms with E-state index in [0.717, 1.165) is 25.7 Å². The van der Waals surface area contributed by atoms with E-state index in [9.17, 15) is 10.2 Å². The van der Waals surface area contributed by atoms with Gasteiger partial charge in [0.2, 0.25) is 0 Å². The molecule has 1 saturated heterocycles. The summed E-state index contributed by atoms with van der Waals surface area (Å²) < 4.78 is 5.77. The third-order valence-electron chi connectivity index (χ3n) is 5.48. The topological polar surface area (TPSA) is 53.0 Å². The summed E-state index contributed by atoms with van der Waals surface area (Å²) in [6.07, 6.45) is 10.0. The highest BCUT2D eigenvalue weighted by atomic mass is 16.6. The first-order valence-corrected chi connectivity index (χ1v) is 9.06. The minimum Gasteiger partial charge on any atom is -0.390 e. The average Bonchev–Trinajstić information content (AvgIpc) is 3.09. The molecule has 1 aliphatic carbocycles. The number of allylic oxidation sites excluding steroid dienone is 3. The van der Waals surface area contributed by atoms with Crippen LogP contribution in [0.25, 0.3) is 0 Å². The Hall–Kier alpha value is -0.640. The number of hydrogen-bond donors (Lipinski definition) is 2. The predicted molar refractivity (Wildman–Crippen MR) is 94.2 cm³/mol. The number of aliphatic hydroxyl groups is 2. The lowest BCUT2D eigenvalue weighted by Gasteiger charge is -2.25. The molecule has 5 atom stereocenters. The fourth-order valence-electron chi connectivity index (χ4n) is 3.63. The van der Waals surface area contributed by atoms with Gasteiger partial charge in [-0.05, 0) is 58.3 Å². The highest BCUT2D eigenvalue weighted by molar-refractivity contribution is 5.10. The lowest BCUT2D eigenvalue weighted by Crippen LogP contribution is -2.33. The number of hydrogen-bond acceptors (Lipinski definition) is 3. The Balaban J connectivity index is 2.16. The molecule has 3 heteroatoms. The molecule has 2 rings (SSSR count). The van der Waals surface area contributed by atoms with E-state index in [1.54, 1.807) is 6.92 Å². The molecule has 1 aliphatic heterocycles. The largest absolute Gasteiger partial charge is 0.390 e. The quantitative estimate of drug-likeness (QED) is 0.567. The molecule has 0 bridgehead atoms. The van der Waals surface area contributed by atoms with Gasteiger partial charge in [-0.15, -0.1) is 0 Å². The summed E-state index contributed by atoms with van der Waals surface area (Å²) in [4.78, 5) is 0. The summed E-state index contributed by atoms with van der Waals surface area (Å²) in [5, 5.41) is 21.0. The molecule has 0 radical (unpaired) electrons. The summed E-state index contributed by atoms with van der Waals surface area (Å²) in [5.41, 5.74) is 0.198. The van der Waals surface area contributed by atoms with Crippen molar-refractivity contribution in [3.8, 4) is 0 Å². The summed E-state index contributed by atoms with van der Waals surface area (Å²) >= 11 is 0. The average molecular weight is 322 g/mol. The summed E-state index contributed by atoms with van der Waals surface area (Å²) in [6.45, 7) is 10.5. The second kappa shape index (κ2) is 7.08. The molecular formula is C20H34O3. The van der Waals surface area contributed by atoms with E-state index in [0.29, 0.717) is 18.3 Å². The lowest BCUT2D eigenvalue weighted by atomic mass is 9.85. The van der Waals surface area contributed by atoms with Crippen molar-refractivity contribution in [1.29, 1.82) is 0 Å². The molecule has 3 nitrogen and oxygen atoms in total. The van der Waals surface area contributed by atoms with Crippen LogP contribution in [0.2, 0.25) is 0 Å². The molecule has 0 saturated carbocycles. The second-order valence-corrected chi connectivity index (χ2v) is 8.37. The van der Waals surface area contributed by atoms with Gasteiger partial charge < -0.3 is 14.9 Å². The van der Waals surface area contributed by atoms with Crippen LogP contribution in [-0.2, 0) is 4.74 Å². The summed E-state index contributed by atoms with van der Waals surface area (Å²) in [6, 6.07) is 0. The van der Waals surface area contributed by atoms with Gasteiger partial charge in [0.1, 0.15) is 6.10 Å². The summed E-state index contributed by atoms with van der Waals surface area (Å²) in [7, 11) is 0. The molecule has 2 aliphatic rings. The normalized spacial score (nSPS) is 46.4. The Kier molecular flexibility index (Phi) is 5.76. The van der Waals surface area contributed by atoms with Crippen molar-refractivity contribution in [2.24, 2.45) is 11.8 Å². The maximum atomic E-state index is 10.6. The van der Waals surface area contributed by atoms with Gasteiger partial charge in [0.15, 0.2) is 0 Å². The SMILES string of the molecule is C/C1=C/CC[C@@]2(C)O[C@@H]2[C@H](O)C[C@](C)(O)/C=C/[C@H](C(C)C)CC1. The minimum absolute atomic E-state index is 0.153. The van der Waals surface area contributed by atoms with Gasteiger partial charge in [0.05, 0.1) is 17.3 Å². The highest BCUT2D eigenvalue weighted by Crippen LogP contribution is 2.44. The zero-order chi connectivity index (χ0) is 17.3. The van der Waals surface area contributed by atoms with Crippen LogP contribution in [0.4, 0.5) is 0 Å². The van der Waals surface area contributed by atoms with Crippen molar-refractivity contribution in [3.05, 3.63) is 23.8 Å². The fourth-order valence-corrected chi connectivity index (χ4v) is 3.63. The van der Waals surface area contributed by atoms with E-state index < -0.39 is 11.7 Å². The van der Waals surface area contributed by atoms with Crippen LogP contribution < -0.4 is 0 Å². The van der Waals surface area contributed by atoms with E-state index in [-0.39, 0.29) is 11.7 Å². The molecule has 2 N–H and O–H groups in total. The Bertz CT molecular complexity index is 464. The van der Waals surface area contributed by atoms with E-state index in [2.05, 4.69) is 39.8 Å². The fraction of sp³-hybridized carbons (Fsp3) is 0.800. The van der Waals surface area contributed by atoms with Crippen LogP contribution in [0.15, 0.2) is 23.8 Å². The van der Waals surface area contributed by atoms with Gasteiger partial charge >= 0.3 is 0 Å². The van der Waals surface area contributed by atoms with Gasteiger partial charge in [0, 0.05) is 6.42 Å². The lowest BCUT2D eigenvalue weighted by molar-refractivity contribution is 0.0275. The van der Waals surface area contributed by atoms with E-state index >= 15 is 0 Å². The Morgan fingerprint density at radius 1 is 1.30 bits per heavy atom. The zero-order valence-corrected chi connectivity index (χ0v) is 15.4. The maximum absolute atomic E-state index is 10.6. The second-order valence-electron chi connectivity index (χ2n) is 8.37. The number of ether oxygens (including phenoxy) is 1. The Labute approximate surface area is 141 Å². The number of aliphatic hydroxyl groups excluding tert-OH is 1. The first-order chi connectivity index (χ1) is 10.6. The van der Waals surface area contributed by atoms with Crippen molar-refractivity contribution in [1.82, 2.24) is 0 Å². The third-order valence-corrected chi connectivity index (χ3v) is 5.48. The molecule has 1 heterocycles. The number of epoxide rings is 1. The molecule has 23 heavy (non-hydrogen) atoms. The van der Waals surface area contributed by atoms with Gasteiger partial charge in [0.25, 0.3) is 0 Å². The number of rotatable bonds is 1. The van der Waals surface area contributed by atoms with Crippen LogP contribution in [-0.4, -0.2) is 33.6 Å². The highest BCUT2D eigenvalue weighted by Gasteiger charge is 2.55.